The molecular formula is C13H20BFO3. The normalized spacial score (nSPS) is 10.5. The monoisotopic (exact) mass is 254 g/mol. The fourth-order valence-electron chi connectivity index (χ4n) is 1.96. The molecule has 0 saturated heterocycles. The van der Waals surface area contributed by atoms with E-state index in [4.69, 9.17) is 14.8 Å². The van der Waals surface area contributed by atoms with E-state index in [0.717, 1.165) is 25.7 Å². The van der Waals surface area contributed by atoms with Crippen LogP contribution < -0.4 is 10.2 Å². The number of hydrogen-bond acceptors (Lipinski definition) is 3. The van der Waals surface area contributed by atoms with Gasteiger partial charge in [0.25, 0.3) is 0 Å². The Labute approximate surface area is 108 Å². The minimum atomic E-state index is -1.72. The Bertz CT molecular complexity index is 383. The van der Waals surface area contributed by atoms with Gasteiger partial charge in [0.05, 0.1) is 7.11 Å². The second kappa shape index (κ2) is 7.39. The van der Waals surface area contributed by atoms with Gasteiger partial charge in [0.15, 0.2) is 11.6 Å². The molecule has 1 rings (SSSR count). The van der Waals surface area contributed by atoms with Gasteiger partial charge < -0.3 is 14.8 Å². The van der Waals surface area contributed by atoms with Crippen molar-refractivity contribution in [1.82, 2.24) is 0 Å². The summed E-state index contributed by atoms with van der Waals surface area (Å²) in [6.07, 6.45) is 4.93. The predicted molar refractivity (Wildman–Crippen MR) is 70.6 cm³/mol. The lowest BCUT2D eigenvalue weighted by atomic mass is 9.78. The maximum atomic E-state index is 14.1. The van der Waals surface area contributed by atoms with E-state index in [-0.39, 0.29) is 11.2 Å². The molecule has 5 heteroatoms. The average Bonchev–Trinajstić information content (AvgIpc) is 2.35. The zero-order valence-electron chi connectivity index (χ0n) is 10.9. The van der Waals surface area contributed by atoms with Crippen molar-refractivity contribution in [1.29, 1.82) is 0 Å². The van der Waals surface area contributed by atoms with Gasteiger partial charge in [-0.15, -0.1) is 0 Å². The fourth-order valence-corrected chi connectivity index (χ4v) is 1.96. The summed E-state index contributed by atoms with van der Waals surface area (Å²) >= 11 is 0. The summed E-state index contributed by atoms with van der Waals surface area (Å²) in [5.74, 6) is -0.558. The lowest BCUT2D eigenvalue weighted by Gasteiger charge is -2.12. The fraction of sp³-hybridized carbons (Fsp3) is 0.538. The van der Waals surface area contributed by atoms with Crippen LogP contribution in [0.5, 0.6) is 5.75 Å². The van der Waals surface area contributed by atoms with Crippen molar-refractivity contribution in [3.05, 3.63) is 23.5 Å². The first kappa shape index (κ1) is 15.0. The first-order valence-electron chi connectivity index (χ1n) is 6.33. The Balaban J connectivity index is 2.81. The summed E-state index contributed by atoms with van der Waals surface area (Å²) in [6.45, 7) is 2.13. The Morgan fingerprint density at radius 3 is 2.50 bits per heavy atom. The van der Waals surface area contributed by atoms with E-state index < -0.39 is 12.9 Å². The van der Waals surface area contributed by atoms with Crippen LogP contribution in [0.15, 0.2) is 12.1 Å². The molecule has 0 spiro atoms. The third-order valence-electron chi connectivity index (χ3n) is 2.99. The topological polar surface area (TPSA) is 49.7 Å². The Morgan fingerprint density at radius 1 is 1.22 bits per heavy atom. The highest BCUT2D eigenvalue weighted by Crippen LogP contribution is 2.20. The van der Waals surface area contributed by atoms with Gasteiger partial charge in [-0.25, -0.2) is 4.39 Å². The molecule has 0 unspecified atom stereocenters. The molecule has 0 heterocycles. The molecule has 0 aliphatic rings. The minimum Gasteiger partial charge on any atom is -0.494 e. The molecule has 0 fully saturated rings. The number of halogens is 1. The summed E-state index contributed by atoms with van der Waals surface area (Å²) < 4.78 is 19.0. The van der Waals surface area contributed by atoms with Gasteiger partial charge in [-0.1, -0.05) is 38.3 Å². The quantitative estimate of drug-likeness (QED) is 0.574. The third-order valence-corrected chi connectivity index (χ3v) is 2.99. The zero-order valence-corrected chi connectivity index (χ0v) is 10.9. The molecule has 0 aromatic heterocycles. The van der Waals surface area contributed by atoms with Gasteiger partial charge in [0.1, 0.15) is 0 Å². The first-order chi connectivity index (χ1) is 8.61. The lowest BCUT2D eigenvalue weighted by molar-refractivity contribution is 0.379. The predicted octanol–water partition coefficient (Wildman–Crippen LogP) is 1.64. The summed E-state index contributed by atoms with van der Waals surface area (Å²) in [4.78, 5) is 0. The molecule has 0 aliphatic carbocycles. The average molecular weight is 254 g/mol. The minimum absolute atomic E-state index is 0.0623. The van der Waals surface area contributed by atoms with Crippen LogP contribution in [-0.2, 0) is 6.42 Å². The van der Waals surface area contributed by atoms with Gasteiger partial charge in [0, 0.05) is 5.46 Å². The van der Waals surface area contributed by atoms with E-state index in [1.807, 2.05) is 0 Å². The number of benzene rings is 1. The Hall–Kier alpha value is -1.07. The molecule has 0 saturated carbocycles. The summed E-state index contributed by atoms with van der Waals surface area (Å²) in [7, 11) is -0.394. The van der Waals surface area contributed by atoms with E-state index >= 15 is 0 Å². The maximum Gasteiger partial charge on any atom is 0.492 e. The highest BCUT2D eigenvalue weighted by molar-refractivity contribution is 6.59. The van der Waals surface area contributed by atoms with E-state index in [0.29, 0.717) is 12.0 Å². The van der Waals surface area contributed by atoms with Crippen LogP contribution in [0.2, 0.25) is 0 Å². The summed E-state index contributed by atoms with van der Waals surface area (Å²) in [6, 6.07) is 3.10. The molecule has 0 aliphatic heterocycles. The SMILES string of the molecule is CCCCCCc1ccc(B(O)O)c(OC)c1F. The standard InChI is InChI=1S/C13H20BFO3/c1-3-4-5-6-7-10-8-9-11(14(16)17)13(18-2)12(10)15/h8-9,16-17H,3-7H2,1-2H3. The van der Waals surface area contributed by atoms with Crippen molar-refractivity contribution in [3.63, 3.8) is 0 Å². The molecule has 100 valence electrons. The van der Waals surface area contributed by atoms with Crippen LogP contribution in [0.1, 0.15) is 38.2 Å². The van der Waals surface area contributed by atoms with Crippen molar-refractivity contribution in [2.45, 2.75) is 39.0 Å². The molecule has 0 atom stereocenters. The highest BCUT2D eigenvalue weighted by atomic mass is 19.1. The Kier molecular flexibility index (Phi) is 6.15. The van der Waals surface area contributed by atoms with Gasteiger partial charge in [-0.05, 0) is 18.4 Å². The third kappa shape index (κ3) is 3.72. The van der Waals surface area contributed by atoms with Gasteiger partial charge in [0.2, 0.25) is 0 Å². The highest BCUT2D eigenvalue weighted by Gasteiger charge is 2.21. The van der Waals surface area contributed by atoms with E-state index in [1.165, 1.54) is 13.2 Å². The van der Waals surface area contributed by atoms with E-state index in [2.05, 4.69) is 6.92 Å². The van der Waals surface area contributed by atoms with Gasteiger partial charge >= 0.3 is 7.12 Å². The molecule has 18 heavy (non-hydrogen) atoms. The van der Waals surface area contributed by atoms with Crippen molar-refractivity contribution in [3.8, 4) is 5.75 Å². The number of rotatable bonds is 7. The van der Waals surface area contributed by atoms with Crippen molar-refractivity contribution < 1.29 is 19.2 Å². The smallest absolute Gasteiger partial charge is 0.492 e. The number of unbranched alkanes of at least 4 members (excludes halogenated alkanes) is 3. The van der Waals surface area contributed by atoms with Crippen LogP contribution in [-0.4, -0.2) is 24.3 Å². The van der Waals surface area contributed by atoms with E-state index in [1.54, 1.807) is 6.07 Å². The van der Waals surface area contributed by atoms with Crippen molar-refractivity contribution in [2.24, 2.45) is 0 Å². The van der Waals surface area contributed by atoms with E-state index in [9.17, 15) is 4.39 Å². The maximum absolute atomic E-state index is 14.1. The van der Waals surface area contributed by atoms with Gasteiger partial charge in [-0.2, -0.15) is 0 Å². The second-order valence-corrected chi connectivity index (χ2v) is 4.35. The summed E-state index contributed by atoms with van der Waals surface area (Å²) in [5.41, 5.74) is 0.625. The molecule has 1 aromatic rings. The van der Waals surface area contributed by atoms with Crippen LogP contribution in [0, 0.1) is 5.82 Å². The molecular weight excluding hydrogens is 234 g/mol. The molecule has 0 bridgehead atoms. The molecule has 2 N–H and O–H groups in total. The van der Waals surface area contributed by atoms with Crippen LogP contribution in [0.4, 0.5) is 4.39 Å². The number of aryl methyl sites for hydroxylation is 1. The largest absolute Gasteiger partial charge is 0.494 e. The number of ether oxygens (including phenoxy) is 1. The van der Waals surface area contributed by atoms with Crippen LogP contribution in [0.3, 0.4) is 0 Å². The molecule has 0 amide bonds. The van der Waals surface area contributed by atoms with Crippen molar-refractivity contribution >= 4 is 12.6 Å². The molecule has 0 radical (unpaired) electrons. The Morgan fingerprint density at radius 2 is 1.94 bits per heavy atom. The zero-order chi connectivity index (χ0) is 13.5. The molecule has 3 nitrogen and oxygen atoms in total. The van der Waals surface area contributed by atoms with Crippen LogP contribution in [0.25, 0.3) is 0 Å². The number of hydrogen-bond donors (Lipinski definition) is 2. The second-order valence-electron chi connectivity index (χ2n) is 4.35. The van der Waals surface area contributed by atoms with Crippen molar-refractivity contribution in [2.75, 3.05) is 7.11 Å². The number of methoxy groups -OCH3 is 1. The van der Waals surface area contributed by atoms with Gasteiger partial charge in [-0.3, -0.25) is 0 Å². The lowest BCUT2D eigenvalue weighted by Crippen LogP contribution is -2.32. The van der Waals surface area contributed by atoms with Crippen LogP contribution >= 0.6 is 0 Å². The summed E-state index contributed by atoms with van der Waals surface area (Å²) in [5, 5.41) is 18.2. The first-order valence-corrected chi connectivity index (χ1v) is 6.33. The molecule has 1 aromatic carbocycles.